The van der Waals surface area contributed by atoms with Crippen molar-refractivity contribution in [2.75, 3.05) is 5.32 Å². The fourth-order valence-corrected chi connectivity index (χ4v) is 4.95. The minimum Gasteiger partial charge on any atom is -0.339 e. The molecular formula is C21H12F2IN3S. The van der Waals surface area contributed by atoms with Crippen LogP contribution in [0.2, 0.25) is 0 Å². The number of imidazole rings is 1. The summed E-state index contributed by atoms with van der Waals surface area (Å²) in [5, 5.41) is 3.32. The second-order valence-electron chi connectivity index (χ2n) is 6.23. The van der Waals surface area contributed by atoms with Crippen molar-refractivity contribution in [3.05, 3.63) is 81.9 Å². The second kappa shape index (κ2) is 6.82. The molecule has 0 bridgehead atoms. The Balaban J connectivity index is 1.81. The number of benzene rings is 3. The second-order valence-corrected chi connectivity index (χ2v) is 8.40. The maximum atomic E-state index is 14.7. The van der Waals surface area contributed by atoms with Gasteiger partial charge in [-0.2, -0.15) is 0 Å². The molecule has 0 fully saturated rings. The maximum absolute atomic E-state index is 14.7. The van der Waals surface area contributed by atoms with E-state index in [-0.39, 0.29) is 11.6 Å². The van der Waals surface area contributed by atoms with Crippen LogP contribution in [-0.2, 0) is 0 Å². The van der Waals surface area contributed by atoms with E-state index in [1.165, 1.54) is 18.2 Å². The highest BCUT2D eigenvalue weighted by molar-refractivity contribution is 14.1. The average Bonchev–Trinajstić information content (AvgIpc) is 3.20. The molecule has 0 aliphatic heterocycles. The van der Waals surface area contributed by atoms with E-state index < -0.39 is 0 Å². The smallest absolute Gasteiger partial charge is 0.197 e. The van der Waals surface area contributed by atoms with E-state index in [1.807, 2.05) is 34.7 Å². The summed E-state index contributed by atoms with van der Waals surface area (Å²) < 4.78 is 31.9. The Morgan fingerprint density at radius 2 is 1.71 bits per heavy atom. The summed E-state index contributed by atoms with van der Waals surface area (Å²) in [5.74, 6) is 0.0139. The lowest BCUT2D eigenvalue weighted by molar-refractivity contribution is 0.628. The SMILES string of the molecule is Fc1ccc(Nc2c(-c3c(F)cccc3I)nc3sc4ccccc4n23)cc1. The predicted molar refractivity (Wildman–Crippen MR) is 118 cm³/mol. The van der Waals surface area contributed by atoms with E-state index in [2.05, 4.69) is 27.9 Å². The molecule has 3 aromatic carbocycles. The Morgan fingerprint density at radius 3 is 2.50 bits per heavy atom. The van der Waals surface area contributed by atoms with Crippen LogP contribution >= 0.6 is 33.9 Å². The van der Waals surface area contributed by atoms with Gasteiger partial charge in [-0.15, -0.1) is 0 Å². The lowest BCUT2D eigenvalue weighted by Crippen LogP contribution is -1.98. The van der Waals surface area contributed by atoms with E-state index >= 15 is 0 Å². The van der Waals surface area contributed by atoms with Crippen molar-refractivity contribution >= 4 is 60.6 Å². The number of para-hydroxylation sites is 1. The standard InChI is InChI=1S/C21H12F2IN3S/c22-12-8-10-13(11-9-12)25-20-19(18-14(23)4-3-5-15(18)24)26-21-27(20)16-6-1-2-7-17(16)28-21/h1-11,25H. The number of hydrogen-bond donors (Lipinski definition) is 1. The van der Waals surface area contributed by atoms with Gasteiger partial charge in [0.2, 0.25) is 0 Å². The number of rotatable bonds is 3. The van der Waals surface area contributed by atoms with Gasteiger partial charge in [-0.1, -0.05) is 29.5 Å². The van der Waals surface area contributed by atoms with Crippen LogP contribution in [0.5, 0.6) is 0 Å². The summed E-state index contributed by atoms with van der Waals surface area (Å²) in [6, 6.07) is 19.0. The highest BCUT2D eigenvalue weighted by Gasteiger charge is 2.22. The number of nitrogens with zero attached hydrogens (tertiary/aromatic N) is 2. The monoisotopic (exact) mass is 503 g/mol. The number of anilines is 2. The first-order chi connectivity index (χ1) is 13.6. The van der Waals surface area contributed by atoms with E-state index in [0.29, 0.717) is 22.8 Å². The van der Waals surface area contributed by atoms with Crippen molar-refractivity contribution in [1.82, 2.24) is 9.38 Å². The zero-order valence-corrected chi connectivity index (χ0v) is 17.3. The fourth-order valence-electron chi connectivity index (χ4n) is 3.20. The van der Waals surface area contributed by atoms with Crippen LogP contribution in [0.4, 0.5) is 20.3 Å². The number of halogens is 3. The normalized spacial score (nSPS) is 11.4. The van der Waals surface area contributed by atoms with Crippen molar-refractivity contribution in [2.45, 2.75) is 0 Å². The minimum atomic E-state index is -0.330. The highest BCUT2D eigenvalue weighted by atomic mass is 127. The van der Waals surface area contributed by atoms with Gasteiger partial charge in [-0.05, 0) is 71.1 Å². The van der Waals surface area contributed by atoms with Gasteiger partial charge < -0.3 is 5.32 Å². The van der Waals surface area contributed by atoms with Crippen molar-refractivity contribution in [3.63, 3.8) is 0 Å². The van der Waals surface area contributed by atoms with Crippen LogP contribution in [0, 0.1) is 15.2 Å². The predicted octanol–water partition coefficient (Wildman–Crippen LogP) is 6.84. The Labute approximate surface area is 176 Å². The van der Waals surface area contributed by atoms with Crippen LogP contribution in [0.3, 0.4) is 0 Å². The van der Waals surface area contributed by atoms with Gasteiger partial charge in [0.05, 0.1) is 15.8 Å². The molecule has 0 spiro atoms. The zero-order chi connectivity index (χ0) is 19.3. The molecule has 138 valence electrons. The molecule has 7 heteroatoms. The van der Waals surface area contributed by atoms with Gasteiger partial charge in [-0.3, -0.25) is 4.40 Å². The summed E-state index contributed by atoms with van der Waals surface area (Å²) in [5.41, 5.74) is 2.67. The molecule has 28 heavy (non-hydrogen) atoms. The molecule has 0 amide bonds. The van der Waals surface area contributed by atoms with E-state index in [0.717, 1.165) is 18.7 Å². The minimum absolute atomic E-state index is 0.311. The first kappa shape index (κ1) is 17.6. The van der Waals surface area contributed by atoms with Crippen molar-refractivity contribution in [1.29, 1.82) is 0 Å². The molecule has 0 radical (unpaired) electrons. The van der Waals surface area contributed by atoms with Gasteiger partial charge in [0.1, 0.15) is 23.1 Å². The third kappa shape index (κ3) is 2.85. The quantitative estimate of drug-likeness (QED) is 0.273. The largest absolute Gasteiger partial charge is 0.339 e. The van der Waals surface area contributed by atoms with E-state index in [9.17, 15) is 8.78 Å². The highest BCUT2D eigenvalue weighted by Crippen LogP contribution is 2.39. The van der Waals surface area contributed by atoms with Crippen LogP contribution < -0.4 is 5.32 Å². The molecule has 5 aromatic rings. The first-order valence-electron chi connectivity index (χ1n) is 8.49. The first-order valence-corrected chi connectivity index (χ1v) is 10.4. The molecule has 0 saturated heterocycles. The number of aromatic nitrogens is 2. The number of thiazole rings is 1. The summed E-state index contributed by atoms with van der Waals surface area (Å²) in [7, 11) is 0. The van der Waals surface area contributed by atoms with Crippen molar-refractivity contribution in [2.24, 2.45) is 0 Å². The molecule has 2 aromatic heterocycles. The van der Waals surface area contributed by atoms with Gasteiger partial charge >= 0.3 is 0 Å². The molecule has 0 aliphatic rings. The molecule has 1 N–H and O–H groups in total. The van der Waals surface area contributed by atoms with Gasteiger partial charge in [-0.25, -0.2) is 13.8 Å². The molecule has 0 aliphatic carbocycles. The summed E-state index contributed by atoms with van der Waals surface area (Å²) in [6.07, 6.45) is 0. The maximum Gasteiger partial charge on any atom is 0.197 e. The van der Waals surface area contributed by atoms with Gasteiger partial charge in [0, 0.05) is 9.26 Å². The van der Waals surface area contributed by atoms with Crippen LogP contribution in [0.15, 0.2) is 66.7 Å². The molecule has 0 atom stereocenters. The Bertz CT molecular complexity index is 1310. The number of nitrogens with one attached hydrogen (secondary N) is 1. The van der Waals surface area contributed by atoms with Crippen LogP contribution in [0.1, 0.15) is 0 Å². The molecule has 3 nitrogen and oxygen atoms in total. The van der Waals surface area contributed by atoms with Crippen molar-refractivity contribution in [3.8, 4) is 11.3 Å². The fraction of sp³-hybridized carbons (Fsp3) is 0. The number of hydrogen-bond acceptors (Lipinski definition) is 3. The van der Waals surface area contributed by atoms with Crippen molar-refractivity contribution < 1.29 is 8.78 Å². The summed E-state index contributed by atoms with van der Waals surface area (Å²) in [6.45, 7) is 0. The lowest BCUT2D eigenvalue weighted by atomic mass is 10.1. The Morgan fingerprint density at radius 1 is 0.929 bits per heavy atom. The van der Waals surface area contributed by atoms with E-state index in [1.54, 1.807) is 29.5 Å². The lowest BCUT2D eigenvalue weighted by Gasteiger charge is -2.11. The third-order valence-corrected chi connectivity index (χ3v) is 6.38. The zero-order valence-electron chi connectivity index (χ0n) is 14.3. The van der Waals surface area contributed by atoms with Gasteiger partial charge in [0.15, 0.2) is 4.96 Å². The number of fused-ring (bicyclic) bond motifs is 3. The topological polar surface area (TPSA) is 29.3 Å². The van der Waals surface area contributed by atoms with Gasteiger partial charge in [0.25, 0.3) is 0 Å². The molecular weight excluding hydrogens is 491 g/mol. The molecule has 5 rings (SSSR count). The Hall–Kier alpha value is -2.52. The molecule has 0 saturated carbocycles. The average molecular weight is 503 g/mol. The Kier molecular flexibility index (Phi) is 4.28. The van der Waals surface area contributed by atoms with E-state index in [4.69, 9.17) is 4.98 Å². The van der Waals surface area contributed by atoms with Crippen LogP contribution in [0.25, 0.3) is 26.4 Å². The molecule has 2 heterocycles. The summed E-state index contributed by atoms with van der Waals surface area (Å²) >= 11 is 3.66. The van der Waals surface area contributed by atoms with Crippen LogP contribution in [-0.4, -0.2) is 9.38 Å². The summed E-state index contributed by atoms with van der Waals surface area (Å²) in [4.78, 5) is 5.52. The third-order valence-electron chi connectivity index (χ3n) is 4.46. The molecule has 0 unspecified atom stereocenters.